The van der Waals surface area contributed by atoms with Crippen LogP contribution in [-0.4, -0.2) is 9.91 Å². The molecule has 2 aromatic carbocycles. The number of nitrogens with zero attached hydrogens (tertiary/aromatic N) is 2. The lowest BCUT2D eigenvalue weighted by Crippen LogP contribution is -1.92. The second-order valence-corrected chi connectivity index (χ2v) is 5.02. The predicted octanol–water partition coefficient (Wildman–Crippen LogP) is 4.63. The van der Waals surface area contributed by atoms with Gasteiger partial charge in [0.05, 0.1) is 10.6 Å². The smallest absolute Gasteiger partial charge is 0.258 e. The molecule has 0 aliphatic rings. The van der Waals surface area contributed by atoms with E-state index in [1.165, 1.54) is 6.07 Å². The number of non-ortho nitro benzene ring substituents is 1. The number of benzene rings is 2. The Bertz CT molecular complexity index is 830. The fourth-order valence-corrected chi connectivity index (χ4v) is 2.55. The highest BCUT2D eigenvalue weighted by Crippen LogP contribution is 2.34. The zero-order valence-corrected chi connectivity index (χ0v) is 12.1. The van der Waals surface area contributed by atoms with E-state index in [4.69, 9.17) is 0 Å². The molecular weight excluding hydrogens is 276 g/mol. The van der Waals surface area contributed by atoms with Gasteiger partial charge in [-0.25, -0.2) is 0 Å². The van der Waals surface area contributed by atoms with Gasteiger partial charge in [-0.2, -0.15) is 0 Å². The normalized spacial score (nSPS) is 10.4. The number of nitro groups is 1. The van der Waals surface area contributed by atoms with E-state index in [-0.39, 0.29) is 10.6 Å². The number of hydrogen-bond donors (Lipinski definition) is 0. The Kier molecular flexibility index (Phi) is 3.66. The van der Waals surface area contributed by atoms with Crippen molar-refractivity contribution in [1.29, 1.82) is 0 Å². The Morgan fingerprint density at radius 1 is 1.00 bits per heavy atom. The van der Waals surface area contributed by atoms with Gasteiger partial charge in [-0.05, 0) is 35.7 Å². The molecule has 0 N–H and O–H groups in total. The lowest BCUT2D eigenvalue weighted by Gasteiger charge is -2.12. The molecule has 0 atom stereocenters. The number of nitro benzene ring substituents is 1. The predicted molar refractivity (Wildman–Crippen MR) is 86.5 cm³/mol. The highest BCUT2D eigenvalue weighted by molar-refractivity contribution is 5.84. The van der Waals surface area contributed by atoms with Gasteiger partial charge in [-0.1, -0.05) is 36.4 Å². The van der Waals surface area contributed by atoms with Crippen molar-refractivity contribution < 1.29 is 4.92 Å². The van der Waals surface area contributed by atoms with Gasteiger partial charge in [-0.3, -0.25) is 15.1 Å². The molecule has 4 nitrogen and oxygen atoms in total. The second-order valence-electron chi connectivity index (χ2n) is 5.02. The summed E-state index contributed by atoms with van der Waals surface area (Å²) < 4.78 is 0. The van der Waals surface area contributed by atoms with Crippen LogP contribution in [0.15, 0.2) is 66.9 Å². The van der Waals surface area contributed by atoms with Gasteiger partial charge >= 0.3 is 0 Å². The number of rotatable bonds is 3. The first-order valence-electron chi connectivity index (χ1n) is 6.92. The summed E-state index contributed by atoms with van der Waals surface area (Å²) in [7, 11) is 0. The van der Waals surface area contributed by atoms with Crippen LogP contribution < -0.4 is 0 Å². The van der Waals surface area contributed by atoms with Gasteiger partial charge < -0.3 is 0 Å². The van der Waals surface area contributed by atoms with Crippen molar-refractivity contribution in [2.45, 2.75) is 6.92 Å². The molecule has 22 heavy (non-hydrogen) atoms. The van der Waals surface area contributed by atoms with Crippen LogP contribution in [0.5, 0.6) is 0 Å². The maximum absolute atomic E-state index is 11.0. The van der Waals surface area contributed by atoms with Crippen molar-refractivity contribution in [1.82, 2.24) is 4.98 Å². The molecule has 0 fully saturated rings. The van der Waals surface area contributed by atoms with Crippen molar-refractivity contribution in [2.75, 3.05) is 0 Å². The first-order chi connectivity index (χ1) is 10.7. The summed E-state index contributed by atoms with van der Waals surface area (Å²) in [6.45, 7) is 2.02. The largest absolute Gasteiger partial charge is 0.270 e. The molecule has 0 amide bonds. The molecule has 0 bridgehead atoms. The molecule has 4 heteroatoms. The number of aromatic nitrogens is 1. The fraction of sp³-hybridized carbons (Fsp3) is 0.0556. The molecule has 0 aliphatic heterocycles. The SMILES string of the molecule is Cc1cccc(-c2cccc([N+](=O)[O-])c2)c1-c1ccccn1. The van der Waals surface area contributed by atoms with E-state index in [9.17, 15) is 10.1 Å². The topological polar surface area (TPSA) is 56.0 Å². The third-order valence-corrected chi connectivity index (χ3v) is 3.56. The molecule has 0 radical (unpaired) electrons. The van der Waals surface area contributed by atoms with Gasteiger partial charge in [0.25, 0.3) is 5.69 Å². The van der Waals surface area contributed by atoms with E-state index in [0.29, 0.717) is 0 Å². The second kappa shape index (κ2) is 5.77. The van der Waals surface area contributed by atoms with E-state index in [2.05, 4.69) is 4.98 Å². The zero-order valence-electron chi connectivity index (χ0n) is 12.1. The standard InChI is InChI=1S/C18H14N2O2/c1-13-6-4-9-16(18(13)17-10-2-3-11-19-17)14-7-5-8-15(12-14)20(21)22/h2-12H,1H3. The van der Waals surface area contributed by atoms with Crippen LogP contribution in [0.4, 0.5) is 5.69 Å². The Labute approximate surface area is 128 Å². The number of aryl methyl sites for hydroxylation is 1. The first kappa shape index (κ1) is 13.9. The quantitative estimate of drug-likeness (QED) is 0.522. The Balaban J connectivity index is 2.22. The maximum atomic E-state index is 11.0. The molecule has 0 aliphatic carbocycles. The van der Waals surface area contributed by atoms with Crippen molar-refractivity contribution in [3.05, 3.63) is 82.5 Å². The van der Waals surface area contributed by atoms with E-state index in [1.807, 2.05) is 49.4 Å². The molecular formula is C18H14N2O2. The Morgan fingerprint density at radius 3 is 2.55 bits per heavy atom. The van der Waals surface area contributed by atoms with E-state index >= 15 is 0 Å². The monoisotopic (exact) mass is 290 g/mol. The summed E-state index contributed by atoms with van der Waals surface area (Å²) in [5, 5.41) is 11.0. The van der Waals surface area contributed by atoms with Crippen LogP contribution in [0, 0.1) is 17.0 Å². The molecule has 108 valence electrons. The molecule has 3 aromatic rings. The number of pyridine rings is 1. The van der Waals surface area contributed by atoms with Crippen LogP contribution in [0.25, 0.3) is 22.4 Å². The summed E-state index contributed by atoms with van der Waals surface area (Å²) in [5.41, 5.74) is 4.81. The summed E-state index contributed by atoms with van der Waals surface area (Å²) in [6, 6.07) is 18.4. The summed E-state index contributed by atoms with van der Waals surface area (Å²) in [6.07, 6.45) is 1.75. The summed E-state index contributed by atoms with van der Waals surface area (Å²) >= 11 is 0. The van der Waals surface area contributed by atoms with Gasteiger partial charge in [-0.15, -0.1) is 0 Å². The van der Waals surface area contributed by atoms with E-state index in [1.54, 1.807) is 18.3 Å². The maximum Gasteiger partial charge on any atom is 0.270 e. The Morgan fingerprint density at radius 2 is 1.82 bits per heavy atom. The minimum Gasteiger partial charge on any atom is -0.258 e. The van der Waals surface area contributed by atoms with Crippen LogP contribution >= 0.6 is 0 Å². The number of hydrogen-bond acceptors (Lipinski definition) is 3. The molecule has 0 spiro atoms. The third kappa shape index (κ3) is 2.59. The zero-order chi connectivity index (χ0) is 15.5. The van der Waals surface area contributed by atoms with Crippen molar-refractivity contribution in [2.24, 2.45) is 0 Å². The van der Waals surface area contributed by atoms with Crippen LogP contribution in [0.2, 0.25) is 0 Å². The Hall–Kier alpha value is -3.01. The summed E-state index contributed by atoms with van der Waals surface area (Å²) in [4.78, 5) is 15.0. The highest BCUT2D eigenvalue weighted by atomic mass is 16.6. The minimum atomic E-state index is -0.375. The molecule has 0 saturated carbocycles. The van der Waals surface area contributed by atoms with Crippen LogP contribution in [-0.2, 0) is 0 Å². The van der Waals surface area contributed by atoms with Gasteiger partial charge in [0.15, 0.2) is 0 Å². The lowest BCUT2D eigenvalue weighted by molar-refractivity contribution is -0.384. The lowest BCUT2D eigenvalue weighted by atomic mass is 9.93. The van der Waals surface area contributed by atoms with E-state index in [0.717, 1.165) is 27.9 Å². The molecule has 3 rings (SSSR count). The molecule has 1 heterocycles. The average Bonchev–Trinajstić information content (AvgIpc) is 2.55. The molecule has 0 unspecified atom stereocenters. The first-order valence-corrected chi connectivity index (χ1v) is 6.92. The summed E-state index contributed by atoms with van der Waals surface area (Å²) in [5.74, 6) is 0. The van der Waals surface area contributed by atoms with Crippen molar-refractivity contribution in [3.8, 4) is 22.4 Å². The van der Waals surface area contributed by atoms with Crippen LogP contribution in [0.3, 0.4) is 0 Å². The van der Waals surface area contributed by atoms with E-state index < -0.39 is 0 Å². The van der Waals surface area contributed by atoms with Crippen molar-refractivity contribution in [3.63, 3.8) is 0 Å². The highest BCUT2D eigenvalue weighted by Gasteiger charge is 2.13. The minimum absolute atomic E-state index is 0.0889. The van der Waals surface area contributed by atoms with Gasteiger partial charge in [0.1, 0.15) is 0 Å². The molecule has 0 saturated heterocycles. The van der Waals surface area contributed by atoms with Crippen molar-refractivity contribution >= 4 is 5.69 Å². The van der Waals surface area contributed by atoms with Gasteiger partial charge in [0, 0.05) is 23.9 Å². The average molecular weight is 290 g/mol. The fourth-order valence-electron chi connectivity index (χ4n) is 2.55. The third-order valence-electron chi connectivity index (χ3n) is 3.56. The van der Waals surface area contributed by atoms with Crippen LogP contribution in [0.1, 0.15) is 5.56 Å². The molecule has 1 aromatic heterocycles. The van der Waals surface area contributed by atoms with Gasteiger partial charge in [0.2, 0.25) is 0 Å².